The second kappa shape index (κ2) is 5.11. The number of halogens is 3. The molecule has 90 valence electrons. The van der Waals surface area contributed by atoms with E-state index in [1.807, 2.05) is 13.8 Å². The molecule has 1 rings (SSSR count). The monoisotopic (exact) mass is 247 g/mol. The van der Waals surface area contributed by atoms with Crippen molar-refractivity contribution in [1.29, 1.82) is 0 Å². The van der Waals surface area contributed by atoms with Crippen LogP contribution in [0.3, 0.4) is 0 Å². The van der Waals surface area contributed by atoms with Gasteiger partial charge in [-0.1, -0.05) is 25.4 Å². The summed E-state index contributed by atoms with van der Waals surface area (Å²) in [6.07, 6.45) is 1.38. The van der Waals surface area contributed by atoms with Gasteiger partial charge in [-0.2, -0.15) is 0 Å². The van der Waals surface area contributed by atoms with E-state index in [1.54, 1.807) is 0 Å². The predicted octanol–water partition coefficient (Wildman–Crippen LogP) is 3.54. The molecule has 0 radical (unpaired) electrons. The lowest BCUT2D eigenvalue weighted by Gasteiger charge is -2.22. The van der Waals surface area contributed by atoms with Crippen LogP contribution >= 0.6 is 11.6 Å². The number of rotatable bonds is 4. The Labute approximate surface area is 99.6 Å². The van der Waals surface area contributed by atoms with Crippen LogP contribution in [0.2, 0.25) is 5.02 Å². The first kappa shape index (κ1) is 13.4. The zero-order valence-corrected chi connectivity index (χ0v) is 10.2. The number of aryl methyl sites for hydroxylation is 1. The molecular formula is C12H16ClF2N. The van der Waals surface area contributed by atoms with Gasteiger partial charge in [0.2, 0.25) is 0 Å². The number of hydrogen-bond acceptors (Lipinski definition) is 1. The first-order valence-corrected chi connectivity index (χ1v) is 5.57. The summed E-state index contributed by atoms with van der Waals surface area (Å²) in [4.78, 5) is 0. The van der Waals surface area contributed by atoms with Crippen LogP contribution in [0.15, 0.2) is 12.1 Å². The molecule has 0 fully saturated rings. The van der Waals surface area contributed by atoms with Crippen LogP contribution in [0.5, 0.6) is 0 Å². The molecule has 0 bridgehead atoms. The highest BCUT2D eigenvalue weighted by molar-refractivity contribution is 6.31. The second-order valence-electron chi connectivity index (χ2n) is 4.73. The Bertz CT molecular complexity index is 378. The van der Waals surface area contributed by atoms with Crippen LogP contribution in [-0.4, -0.2) is 6.54 Å². The highest BCUT2D eigenvalue weighted by atomic mass is 35.5. The molecule has 0 atom stereocenters. The zero-order chi connectivity index (χ0) is 12.3. The first-order valence-electron chi connectivity index (χ1n) is 5.19. The summed E-state index contributed by atoms with van der Waals surface area (Å²) in [6, 6.07) is 2.17. The number of benzene rings is 1. The van der Waals surface area contributed by atoms with Gasteiger partial charge in [0, 0.05) is 5.02 Å². The van der Waals surface area contributed by atoms with Gasteiger partial charge < -0.3 is 5.73 Å². The minimum atomic E-state index is -0.910. The van der Waals surface area contributed by atoms with E-state index in [0.717, 1.165) is 18.6 Å². The highest BCUT2D eigenvalue weighted by Crippen LogP contribution is 2.26. The molecule has 4 heteroatoms. The van der Waals surface area contributed by atoms with Gasteiger partial charge in [0.25, 0.3) is 0 Å². The number of nitrogens with two attached hydrogens (primary N) is 1. The lowest BCUT2D eigenvalue weighted by Crippen LogP contribution is -2.24. The zero-order valence-electron chi connectivity index (χ0n) is 9.49. The molecule has 0 unspecified atom stereocenters. The van der Waals surface area contributed by atoms with Crippen LogP contribution in [0, 0.1) is 17.0 Å². The molecule has 2 N–H and O–H groups in total. The van der Waals surface area contributed by atoms with Crippen LogP contribution < -0.4 is 5.73 Å². The summed E-state index contributed by atoms with van der Waals surface area (Å²) in [6.45, 7) is 4.61. The largest absolute Gasteiger partial charge is 0.330 e. The van der Waals surface area contributed by atoms with Crippen LogP contribution in [0.25, 0.3) is 0 Å². The minimum absolute atomic E-state index is 0.0197. The van der Waals surface area contributed by atoms with E-state index < -0.39 is 11.6 Å². The van der Waals surface area contributed by atoms with Crippen LogP contribution in [0.4, 0.5) is 8.78 Å². The van der Waals surface area contributed by atoms with Crippen LogP contribution in [-0.2, 0) is 6.42 Å². The van der Waals surface area contributed by atoms with E-state index in [9.17, 15) is 8.78 Å². The van der Waals surface area contributed by atoms with Crippen molar-refractivity contribution in [1.82, 2.24) is 0 Å². The lowest BCUT2D eigenvalue weighted by molar-refractivity contribution is 0.347. The van der Waals surface area contributed by atoms with Gasteiger partial charge in [-0.05, 0) is 42.5 Å². The van der Waals surface area contributed by atoms with E-state index in [2.05, 4.69) is 0 Å². The fraction of sp³-hybridized carbons (Fsp3) is 0.500. The van der Waals surface area contributed by atoms with E-state index in [4.69, 9.17) is 17.3 Å². The van der Waals surface area contributed by atoms with Gasteiger partial charge in [-0.3, -0.25) is 0 Å². The lowest BCUT2D eigenvalue weighted by atomic mass is 9.86. The van der Waals surface area contributed by atoms with Crippen molar-refractivity contribution >= 4 is 11.6 Å². The Morgan fingerprint density at radius 3 is 2.38 bits per heavy atom. The third-order valence-corrected chi connectivity index (χ3v) is 3.06. The summed E-state index contributed by atoms with van der Waals surface area (Å²) in [5, 5.41) is 0.270. The SMILES string of the molecule is CC(C)(CN)CCc1cc(F)c(F)cc1Cl. The van der Waals surface area contributed by atoms with Crippen molar-refractivity contribution in [3.8, 4) is 0 Å². The molecule has 0 heterocycles. The quantitative estimate of drug-likeness (QED) is 0.810. The standard InChI is InChI=1S/C12H16ClF2N/c1-12(2,7-16)4-3-8-5-10(14)11(15)6-9(8)13/h5-6H,3-4,7,16H2,1-2H3. The molecule has 0 aliphatic heterocycles. The summed E-state index contributed by atoms with van der Waals surface area (Å²) in [5.41, 5.74) is 6.20. The Balaban J connectivity index is 2.79. The second-order valence-corrected chi connectivity index (χ2v) is 5.13. The third kappa shape index (κ3) is 3.42. The molecule has 1 aromatic carbocycles. The average Bonchev–Trinajstić information content (AvgIpc) is 2.22. The topological polar surface area (TPSA) is 26.0 Å². The van der Waals surface area contributed by atoms with Crippen molar-refractivity contribution in [3.63, 3.8) is 0 Å². The maximum Gasteiger partial charge on any atom is 0.160 e. The molecule has 0 aromatic heterocycles. The Morgan fingerprint density at radius 1 is 1.25 bits per heavy atom. The molecule has 0 saturated heterocycles. The molecule has 16 heavy (non-hydrogen) atoms. The van der Waals surface area contributed by atoms with Gasteiger partial charge in [-0.15, -0.1) is 0 Å². The maximum absolute atomic E-state index is 13.0. The van der Waals surface area contributed by atoms with Crippen molar-refractivity contribution in [2.75, 3.05) is 6.54 Å². The predicted molar refractivity (Wildman–Crippen MR) is 62.5 cm³/mol. The van der Waals surface area contributed by atoms with Crippen molar-refractivity contribution < 1.29 is 8.78 Å². The Kier molecular flexibility index (Phi) is 4.28. The Morgan fingerprint density at radius 2 is 1.81 bits per heavy atom. The fourth-order valence-corrected chi connectivity index (χ4v) is 1.58. The molecule has 0 spiro atoms. The van der Waals surface area contributed by atoms with Gasteiger partial charge in [-0.25, -0.2) is 8.78 Å². The minimum Gasteiger partial charge on any atom is -0.330 e. The molecule has 0 aliphatic carbocycles. The molecule has 0 saturated carbocycles. The maximum atomic E-state index is 13.0. The summed E-state index contributed by atoms with van der Waals surface area (Å²) >= 11 is 5.84. The fourth-order valence-electron chi connectivity index (χ4n) is 1.33. The number of hydrogen-bond donors (Lipinski definition) is 1. The van der Waals surface area contributed by atoms with Crippen molar-refractivity contribution in [2.45, 2.75) is 26.7 Å². The average molecular weight is 248 g/mol. The molecule has 1 aromatic rings. The Hall–Kier alpha value is -0.670. The summed E-state index contributed by atoms with van der Waals surface area (Å²) in [7, 11) is 0. The molecule has 0 amide bonds. The van der Waals surface area contributed by atoms with Crippen LogP contribution in [0.1, 0.15) is 25.8 Å². The van der Waals surface area contributed by atoms with E-state index in [0.29, 0.717) is 18.5 Å². The van der Waals surface area contributed by atoms with Gasteiger partial charge in [0.15, 0.2) is 11.6 Å². The molecular weight excluding hydrogens is 232 g/mol. The van der Waals surface area contributed by atoms with Gasteiger partial charge >= 0.3 is 0 Å². The van der Waals surface area contributed by atoms with Crippen molar-refractivity contribution in [2.24, 2.45) is 11.1 Å². The third-order valence-electron chi connectivity index (χ3n) is 2.71. The van der Waals surface area contributed by atoms with E-state index in [-0.39, 0.29) is 10.4 Å². The summed E-state index contributed by atoms with van der Waals surface area (Å²) in [5.74, 6) is -1.77. The molecule has 1 nitrogen and oxygen atoms in total. The van der Waals surface area contributed by atoms with Crippen molar-refractivity contribution in [3.05, 3.63) is 34.4 Å². The normalized spacial score (nSPS) is 11.9. The smallest absolute Gasteiger partial charge is 0.160 e. The summed E-state index contributed by atoms with van der Waals surface area (Å²) < 4.78 is 25.8. The van der Waals surface area contributed by atoms with Gasteiger partial charge in [0.1, 0.15) is 0 Å². The van der Waals surface area contributed by atoms with E-state index >= 15 is 0 Å². The first-order chi connectivity index (χ1) is 7.35. The molecule has 0 aliphatic rings. The highest BCUT2D eigenvalue weighted by Gasteiger charge is 2.17. The van der Waals surface area contributed by atoms with Gasteiger partial charge in [0.05, 0.1) is 0 Å². The van der Waals surface area contributed by atoms with E-state index in [1.165, 1.54) is 0 Å².